The summed E-state index contributed by atoms with van der Waals surface area (Å²) in [6.07, 6.45) is 2.77. The minimum Gasteiger partial charge on any atom is -0.479 e. The van der Waals surface area contributed by atoms with Crippen molar-refractivity contribution in [3.8, 4) is 11.7 Å². The molecule has 4 aromatic rings. The van der Waals surface area contributed by atoms with Crippen LogP contribution in [-0.4, -0.2) is 45.1 Å². The molecule has 0 atom stereocenters. The van der Waals surface area contributed by atoms with Gasteiger partial charge < -0.3 is 4.74 Å². The van der Waals surface area contributed by atoms with E-state index in [0.717, 1.165) is 16.9 Å². The van der Waals surface area contributed by atoms with E-state index in [-0.39, 0.29) is 22.3 Å². The highest BCUT2D eigenvalue weighted by Crippen LogP contribution is 2.32. The molecule has 30 heavy (non-hydrogen) atoms. The first-order valence-corrected chi connectivity index (χ1v) is 9.96. The van der Waals surface area contributed by atoms with Crippen LogP contribution in [0, 0.1) is 0 Å². The fourth-order valence-corrected chi connectivity index (χ4v) is 3.85. The SMILES string of the molecule is COc1ncc2cnn(C)c2c1NS(=O)(=O)c1ccc(-n2ccc(C(F)F)n2)nc1. The van der Waals surface area contributed by atoms with Crippen molar-refractivity contribution in [1.29, 1.82) is 0 Å². The molecular formula is C17H15F2N7O3S. The lowest BCUT2D eigenvalue weighted by Crippen LogP contribution is -2.15. The molecule has 0 aliphatic rings. The van der Waals surface area contributed by atoms with Gasteiger partial charge in [-0.05, 0) is 18.2 Å². The molecule has 0 aromatic carbocycles. The van der Waals surface area contributed by atoms with Gasteiger partial charge in [0, 0.05) is 31.0 Å². The predicted octanol–water partition coefficient (Wildman–Crippen LogP) is 2.30. The minimum atomic E-state index is -4.06. The van der Waals surface area contributed by atoms with Gasteiger partial charge >= 0.3 is 0 Å². The molecule has 4 aromatic heterocycles. The third kappa shape index (κ3) is 3.43. The van der Waals surface area contributed by atoms with Crippen molar-refractivity contribution >= 4 is 26.6 Å². The molecule has 0 bridgehead atoms. The summed E-state index contributed by atoms with van der Waals surface area (Å²) < 4.78 is 61.5. The maximum absolute atomic E-state index is 12.9. The Bertz CT molecular complexity index is 1320. The van der Waals surface area contributed by atoms with Crippen LogP contribution in [0.15, 0.2) is 47.9 Å². The number of methoxy groups -OCH3 is 1. The van der Waals surface area contributed by atoms with Crippen molar-refractivity contribution in [3.63, 3.8) is 0 Å². The van der Waals surface area contributed by atoms with Gasteiger partial charge in [-0.25, -0.2) is 31.8 Å². The number of pyridine rings is 2. The second-order valence-electron chi connectivity index (χ2n) is 6.16. The molecule has 0 spiro atoms. The van der Waals surface area contributed by atoms with Crippen molar-refractivity contribution in [2.45, 2.75) is 11.3 Å². The Morgan fingerprint density at radius 2 is 1.93 bits per heavy atom. The number of hydrogen-bond acceptors (Lipinski definition) is 7. The van der Waals surface area contributed by atoms with Gasteiger partial charge in [-0.2, -0.15) is 10.2 Å². The number of fused-ring (bicyclic) bond motifs is 1. The fourth-order valence-electron chi connectivity index (χ4n) is 2.84. The standard InChI is InChI=1S/C17H15F2N7O3S/c1-25-15-10(8-22-25)7-21-17(29-2)14(15)24-30(27,28)11-3-4-13(20-9-11)26-6-5-12(23-26)16(18)19/h3-9,16,24H,1-2H3. The van der Waals surface area contributed by atoms with Gasteiger partial charge in [-0.15, -0.1) is 0 Å². The summed E-state index contributed by atoms with van der Waals surface area (Å²) in [5.74, 6) is 0.268. The molecule has 0 radical (unpaired) electrons. The smallest absolute Gasteiger partial charge is 0.282 e. The van der Waals surface area contributed by atoms with Crippen LogP contribution in [0.1, 0.15) is 12.1 Å². The number of hydrogen-bond donors (Lipinski definition) is 1. The molecule has 0 aliphatic carbocycles. The second-order valence-corrected chi connectivity index (χ2v) is 7.84. The largest absolute Gasteiger partial charge is 0.479 e. The Hall–Kier alpha value is -3.61. The van der Waals surface area contributed by atoms with E-state index in [9.17, 15) is 17.2 Å². The highest BCUT2D eigenvalue weighted by atomic mass is 32.2. The zero-order valence-corrected chi connectivity index (χ0v) is 16.5. The van der Waals surface area contributed by atoms with E-state index >= 15 is 0 Å². The van der Waals surface area contributed by atoms with Crippen molar-refractivity contribution in [1.82, 2.24) is 29.5 Å². The van der Waals surface area contributed by atoms with Crippen LogP contribution in [0.4, 0.5) is 14.5 Å². The van der Waals surface area contributed by atoms with Gasteiger partial charge in [0.2, 0.25) is 5.88 Å². The minimum absolute atomic E-state index is 0.0790. The van der Waals surface area contributed by atoms with Gasteiger partial charge in [-0.1, -0.05) is 0 Å². The van der Waals surface area contributed by atoms with Crippen molar-refractivity contribution in [2.75, 3.05) is 11.8 Å². The van der Waals surface area contributed by atoms with E-state index < -0.39 is 22.1 Å². The maximum atomic E-state index is 12.9. The number of halogens is 2. The number of ether oxygens (including phenoxy) is 1. The zero-order chi connectivity index (χ0) is 21.5. The number of sulfonamides is 1. The molecule has 4 rings (SSSR count). The Morgan fingerprint density at radius 1 is 1.13 bits per heavy atom. The summed E-state index contributed by atoms with van der Waals surface area (Å²) in [5.41, 5.74) is 0.220. The lowest BCUT2D eigenvalue weighted by atomic mass is 10.3. The highest BCUT2D eigenvalue weighted by molar-refractivity contribution is 7.92. The Morgan fingerprint density at radius 3 is 2.57 bits per heavy atom. The molecule has 156 valence electrons. The van der Waals surface area contributed by atoms with Gasteiger partial charge in [0.1, 0.15) is 16.3 Å². The van der Waals surface area contributed by atoms with E-state index in [4.69, 9.17) is 4.74 Å². The molecular weight excluding hydrogens is 420 g/mol. The van der Waals surface area contributed by atoms with Gasteiger partial charge in [-0.3, -0.25) is 9.40 Å². The summed E-state index contributed by atoms with van der Waals surface area (Å²) in [7, 11) is -1.03. The van der Waals surface area contributed by atoms with Crippen LogP contribution in [0.25, 0.3) is 16.7 Å². The van der Waals surface area contributed by atoms with Crippen LogP contribution < -0.4 is 9.46 Å². The van der Waals surface area contributed by atoms with Gasteiger partial charge in [0.05, 0.1) is 18.8 Å². The normalized spacial score (nSPS) is 11.9. The Balaban J connectivity index is 1.68. The van der Waals surface area contributed by atoms with Crippen LogP contribution in [0.5, 0.6) is 5.88 Å². The summed E-state index contributed by atoms with van der Waals surface area (Å²) >= 11 is 0. The molecule has 1 N–H and O–H groups in total. The molecule has 0 saturated carbocycles. The predicted molar refractivity (Wildman–Crippen MR) is 102 cm³/mol. The van der Waals surface area contributed by atoms with Crippen LogP contribution in [0.2, 0.25) is 0 Å². The third-order valence-corrected chi connectivity index (χ3v) is 5.60. The van der Waals surface area contributed by atoms with E-state index in [2.05, 4.69) is 24.9 Å². The average molecular weight is 435 g/mol. The van der Waals surface area contributed by atoms with E-state index in [1.54, 1.807) is 13.2 Å². The number of nitrogens with one attached hydrogen (secondary N) is 1. The number of anilines is 1. The quantitative estimate of drug-likeness (QED) is 0.494. The fraction of sp³-hybridized carbons (Fsp3) is 0.176. The number of alkyl halides is 2. The number of aryl methyl sites for hydroxylation is 1. The lowest BCUT2D eigenvalue weighted by molar-refractivity contribution is 0.145. The molecule has 0 aliphatic heterocycles. The third-order valence-electron chi connectivity index (χ3n) is 4.27. The first-order chi connectivity index (χ1) is 14.3. The number of aromatic nitrogens is 6. The Labute approximate surface area is 169 Å². The topological polar surface area (TPSA) is 117 Å². The molecule has 10 nitrogen and oxygen atoms in total. The zero-order valence-electron chi connectivity index (χ0n) is 15.7. The van der Waals surface area contributed by atoms with Crippen molar-refractivity contribution in [3.05, 3.63) is 48.7 Å². The Kier molecular flexibility index (Phi) is 4.81. The molecule has 13 heteroatoms. The average Bonchev–Trinajstić information content (AvgIpc) is 3.36. The molecule has 0 saturated heterocycles. The summed E-state index contributed by atoms with van der Waals surface area (Å²) in [6.45, 7) is 0. The summed E-state index contributed by atoms with van der Waals surface area (Å²) in [5, 5.41) is 8.43. The molecule has 0 unspecified atom stereocenters. The molecule has 4 heterocycles. The van der Waals surface area contributed by atoms with Crippen LogP contribution in [-0.2, 0) is 17.1 Å². The van der Waals surface area contributed by atoms with Crippen molar-refractivity contribution in [2.24, 2.45) is 7.05 Å². The lowest BCUT2D eigenvalue weighted by Gasteiger charge is -2.13. The highest BCUT2D eigenvalue weighted by Gasteiger charge is 2.22. The number of rotatable bonds is 6. The van der Waals surface area contributed by atoms with E-state index in [1.165, 1.54) is 36.3 Å². The first kappa shape index (κ1) is 19.7. The number of nitrogens with zero attached hydrogens (tertiary/aromatic N) is 6. The second kappa shape index (κ2) is 7.33. The summed E-state index contributed by atoms with van der Waals surface area (Å²) in [4.78, 5) is 7.97. The molecule has 0 amide bonds. The molecule has 0 fully saturated rings. The van der Waals surface area contributed by atoms with Gasteiger partial charge in [0.15, 0.2) is 5.82 Å². The van der Waals surface area contributed by atoms with Crippen LogP contribution in [0.3, 0.4) is 0 Å². The van der Waals surface area contributed by atoms with Crippen molar-refractivity contribution < 1.29 is 21.9 Å². The van der Waals surface area contributed by atoms with Crippen LogP contribution >= 0.6 is 0 Å². The van der Waals surface area contributed by atoms with E-state index in [0.29, 0.717) is 10.9 Å². The van der Waals surface area contributed by atoms with E-state index in [1.807, 2.05) is 0 Å². The van der Waals surface area contributed by atoms with Gasteiger partial charge in [0.25, 0.3) is 16.4 Å². The first-order valence-electron chi connectivity index (χ1n) is 8.48. The summed E-state index contributed by atoms with van der Waals surface area (Å²) in [6, 6.07) is 3.81. The maximum Gasteiger partial charge on any atom is 0.282 e. The monoisotopic (exact) mass is 435 g/mol.